The number of thioether (sulfide) groups is 1. The predicted molar refractivity (Wildman–Crippen MR) is 137 cm³/mol. The summed E-state index contributed by atoms with van der Waals surface area (Å²) in [6, 6.07) is 2.18. The van der Waals surface area contributed by atoms with Gasteiger partial charge in [0, 0.05) is 27.2 Å². The fourth-order valence-electron chi connectivity index (χ4n) is 3.37. The number of aryl methyl sites for hydroxylation is 2. The molecule has 33 heavy (non-hydrogen) atoms. The number of hydrogen-bond acceptors (Lipinski definition) is 8. The molecule has 0 saturated carbocycles. The molecule has 0 aliphatic rings. The molecule has 3 aromatic heterocycles. The number of aromatic nitrogens is 3. The Hall–Kier alpha value is -2.17. The largest absolute Gasteiger partial charge is 0.462 e. The van der Waals surface area contributed by atoms with Crippen LogP contribution in [0.1, 0.15) is 59.3 Å². The number of carbonyl (C=O) groups is 2. The smallest absolute Gasteiger partial charge is 0.341 e. The van der Waals surface area contributed by atoms with Crippen molar-refractivity contribution < 1.29 is 14.3 Å². The third-order valence-electron chi connectivity index (χ3n) is 5.02. The zero-order valence-electron chi connectivity index (χ0n) is 19.7. The van der Waals surface area contributed by atoms with Crippen LogP contribution in [0, 0.1) is 13.8 Å². The van der Waals surface area contributed by atoms with Crippen LogP contribution in [0.3, 0.4) is 0 Å². The van der Waals surface area contributed by atoms with E-state index in [0.29, 0.717) is 10.6 Å². The molecule has 3 rings (SSSR count). The summed E-state index contributed by atoms with van der Waals surface area (Å²) in [6.45, 7) is 10.9. The molecule has 3 heterocycles. The molecule has 0 atom stereocenters. The van der Waals surface area contributed by atoms with Crippen molar-refractivity contribution >= 4 is 51.3 Å². The van der Waals surface area contributed by atoms with Crippen molar-refractivity contribution in [2.75, 3.05) is 17.7 Å². The van der Waals surface area contributed by atoms with E-state index in [0.717, 1.165) is 52.8 Å². The van der Waals surface area contributed by atoms with Crippen molar-refractivity contribution in [3.63, 3.8) is 0 Å². The molecule has 0 saturated heterocycles. The fourth-order valence-corrected chi connectivity index (χ4v) is 6.16. The van der Waals surface area contributed by atoms with E-state index < -0.39 is 5.97 Å². The third kappa shape index (κ3) is 6.04. The molecule has 0 aliphatic heterocycles. The molecule has 7 nitrogen and oxygen atoms in total. The van der Waals surface area contributed by atoms with Crippen LogP contribution in [-0.4, -0.2) is 39.0 Å². The highest BCUT2D eigenvalue weighted by Gasteiger charge is 2.23. The lowest BCUT2D eigenvalue weighted by atomic mass is 10.1. The Bertz CT molecular complexity index is 1120. The molecular weight excluding hydrogens is 476 g/mol. The fraction of sp³-hybridized carbons (Fsp3) is 0.478. The Labute approximate surface area is 207 Å². The summed E-state index contributed by atoms with van der Waals surface area (Å²) < 4.78 is 7.25. The summed E-state index contributed by atoms with van der Waals surface area (Å²) >= 11 is 4.49. The van der Waals surface area contributed by atoms with Gasteiger partial charge in [-0.2, -0.15) is 0 Å². The lowest BCUT2D eigenvalue weighted by Crippen LogP contribution is -2.17. The summed E-state index contributed by atoms with van der Waals surface area (Å²) in [5.41, 5.74) is 2.35. The number of rotatable bonds is 11. The number of anilines is 1. The van der Waals surface area contributed by atoms with Gasteiger partial charge in [-0.3, -0.25) is 4.79 Å². The van der Waals surface area contributed by atoms with E-state index in [1.807, 2.05) is 13.8 Å². The maximum atomic E-state index is 12.7. The van der Waals surface area contributed by atoms with Crippen LogP contribution in [-0.2, 0) is 22.5 Å². The van der Waals surface area contributed by atoms with Gasteiger partial charge >= 0.3 is 5.97 Å². The van der Waals surface area contributed by atoms with Crippen molar-refractivity contribution in [3.8, 4) is 11.4 Å². The van der Waals surface area contributed by atoms with Crippen LogP contribution >= 0.6 is 34.4 Å². The number of carbonyl (C=O) groups excluding carboxylic acids is 2. The summed E-state index contributed by atoms with van der Waals surface area (Å²) in [5.74, 6) is 0.408. The van der Waals surface area contributed by atoms with Gasteiger partial charge in [-0.05, 0) is 45.2 Å². The first-order valence-corrected chi connectivity index (χ1v) is 13.8. The van der Waals surface area contributed by atoms with Gasteiger partial charge in [0.1, 0.15) is 5.00 Å². The van der Waals surface area contributed by atoms with E-state index in [1.54, 1.807) is 18.3 Å². The second-order valence-corrected chi connectivity index (χ2v) is 10.7. The summed E-state index contributed by atoms with van der Waals surface area (Å²) in [6.07, 6.45) is 3.11. The van der Waals surface area contributed by atoms with Crippen molar-refractivity contribution in [1.29, 1.82) is 0 Å². The molecule has 0 radical (unpaired) electrons. The average Bonchev–Trinajstić information content (AvgIpc) is 3.46. The van der Waals surface area contributed by atoms with E-state index in [-0.39, 0.29) is 18.3 Å². The Morgan fingerprint density at radius 2 is 1.97 bits per heavy atom. The van der Waals surface area contributed by atoms with Crippen molar-refractivity contribution in [1.82, 2.24) is 14.8 Å². The molecule has 0 bridgehead atoms. The predicted octanol–water partition coefficient (Wildman–Crippen LogP) is 5.95. The summed E-state index contributed by atoms with van der Waals surface area (Å²) in [4.78, 5) is 27.4. The minimum absolute atomic E-state index is 0.171. The quantitative estimate of drug-likeness (QED) is 0.255. The Kier molecular flexibility index (Phi) is 9.10. The van der Waals surface area contributed by atoms with Gasteiger partial charge in [0.05, 0.1) is 17.9 Å². The monoisotopic (exact) mass is 506 g/mol. The molecule has 0 unspecified atom stereocenters. The number of nitrogens with one attached hydrogen (secondary N) is 1. The first-order chi connectivity index (χ1) is 15.9. The van der Waals surface area contributed by atoms with Crippen LogP contribution < -0.4 is 5.32 Å². The summed E-state index contributed by atoms with van der Waals surface area (Å²) in [5, 5.41) is 15.1. The van der Waals surface area contributed by atoms with Crippen LogP contribution in [0.5, 0.6) is 0 Å². The van der Waals surface area contributed by atoms with E-state index in [4.69, 9.17) is 4.74 Å². The molecule has 0 aliphatic carbocycles. The normalized spacial score (nSPS) is 11.1. The number of amides is 1. The minimum Gasteiger partial charge on any atom is -0.462 e. The Morgan fingerprint density at radius 1 is 1.18 bits per heavy atom. The number of ether oxygens (including phenoxy) is 1. The molecule has 3 aromatic rings. The van der Waals surface area contributed by atoms with Crippen LogP contribution in [0.25, 0.3) is 11.4 Å². The SMILES string of the molecule is CCCc1cc(-c2nnc(SCC(=O)Nc3sc(C)c(C)c3C(=O)OCC)n2CCC)cs1. The molecule has 1 amide bonds. The lowest BCUT2D eigenvalue weighted by molar-refractivity contribution is -0.113. The second-order valence-electron chi connectivity index (χ2n) is 7.55. The van der Waals surface area contributed by atoms with Gasteiger partial charge < -0.3 is 14.6 Å². The Balaban J connectivity index is 1.72. The topological polar surface area (TPSA) is 86.1 Å². The number of esters is 1. The first kappa shape index (κ1) is 25.5. The number of hydrogen-bond donors (Lipinski definition) is 1. The van der Waals surface area contributed by atoms with Gasteiger partial charge in [-0.15, -0.1) is 32.9 Å². The molecule has 0 aromatic carbocycles. The first-order valence-electron chi connectivity index (χ1n) is 11.1. The van der Waals surface area contributed by atoms with E-state index in [9.17, 15) is 9.59 Å². The Morgan fingerprint density at radius 3 is 2.67 bits per heavy atom. The van der Waals surface area contributed by atoms with Crippen molar-refractivity contribution in [3.05, 3.63) is 32.3 Å². The molecule has 1 N–H and O–H groups in total. The average molecular weight is 507 g/mol. The third-order valence-corrected chi connectivity index (χ3v) is 8.11. The van der Waals surface area contributed by atoms with Crippen LogP contribution in [0.2, 0.25) is 0 Å². The number of nitrogens with zero attached hydrogens (tertiary/aromatic N) is 3. The maximum Gasteiger partial charge on any atom is 0.341 e. The summed E-state index contributed by atoms with van der Waals surface area (Å²) in [7, 11) is 0. The molecule has 178 valence electrons. The van der Waals surface area contributed by atoms with E-state index >= 15 is 0 Å². The zero-order valence-corrected chi connectivity index (χ0v) is 22.1. The molecular formula is C23H30N4O3S3. The lowest BCUT2D eigenvalue weighted by Gasteiger charge is -2.09. The van der Waals surface area contributed by atoms with E-state index in [2.05, 4.69) is 45.4 Å². The highest BCUT2D eigenvalue weighted by Crippen LogP contribution is 2.33. The van der Waals surface area contributed by atoms with Crippen LogP contribution in [0.15, 0.2) is 16.6 Å². The minimum atomic E-state index is -0.409. The van der Waals surface area contributed by atoms with E-state index in [1.165, 1.54) is 28.0 Å². The van der Waals surface area contributed by atoms with Crippen LogP contribution in [0.4, 0.5) is 5.00 Å². The van der Waals surface area contributed by atoms with Gasteiger partial charge in [0.2, 0.25) is 5.91 Å². The van der Waals surface area contributed by atoms with Crippen molar-refractivity contribution in [2.45, 2.75) is 65.6 Å². The van der Waals surface area contributed by atoms with Crippen molar-refractivity contribution in [2.24, 2.45) is 0 Å². The van der Waals surface area contributed by atoms with Gasteiger partial charge in [0.25, 0.3) is 0 Å². The molecule has 0 spiro atoms. The number of thiophene rings is 2. The standard InChI is InChI=1S/C23H30N4O3S3/c1-6-9-17-11-16(12-31-17)20-25-26-23(27(20)10-7-2)32-13-18(28)24-21-19(22(29)30-8-3)14(4)15(5)33-21/h11-12H,6-10,13H2,1-5H3,(H,24,28). The highest BCUT2D eigenvalue weighted by molar-refractivity contribution is 7.99. The van der Waals surface area contributed by atoms with Gasteiger partial charge in [-0.1, -0.05) is 32.0 Å². The highest BCUT2D eigenvalue weighted by atomic mass is 32.2. The zero-order chi connectivity index (χ0) is 24.0. The van der Waals surface area contributed by atoms with Gasteiger partial charge in [0.15, 0.2) is 11.0 Å². The molecule has 0 fully saturated rings. The second kappa shape index (κ2) is 11.8. The molecule has 10 heteroatoms. The van der Waals surface area contributed by atoms with Gasteiger partial charge in [-0.25, -0.2) is 4.79 Å². The maximum absolute atomic E-state index is 12.7.